The summed E-state index contributed by atoms with van der Waals surface area (Å²) in [5.74, 6) is 0.562. The van der Waals surface area contributed by atoms with Crippen LogP contribution < -0.4 is 0 Å². The minimum atomic E-state index is -0.401. The molecule has 0 aromatic heterocycles. The molecule has 2 rings (SSSR count). The molecule has 1 N–H and O–H groups in total. The van der Waals surface area contributed by atoms with Crippen LogP contribution in [0.5, 0.6) is 0 Å². The van der Waals surface area contributed by atoms with E-state index in [-0.39, 0.29) is 0 Å². The summed E-state index contributed by atoms with van der Waals surface area (Å²) < 4.78 is 1.64. The third kappa shape index (κ3) is 0.858. The zero-order valence-corrected chi connectivity index (χ0v) is 5.93. The van der Waals surface area contributed by atoms with Gasteiger partial charge in [-0.25, -0.2) is 4.42 Å². The molecule has 0 spiro atoms. The van der Waals surface area contributed by atoms with E-state index >= 15 is 0 Å². The third-order valence-corrected chi connectivity index (χ3v) is 2.47. The van der Waals surface area contributed by atoms with Gasteiger partial charge in [-0.1, -0.05) is 0 Å². The minimum Gasteiger partial charge on any atom is -0.387 e. The monoisotopic (exact) mass is 147 g/mol. The average molecular weight is 148 g/mol. The summed E-state index contributed by atoms with van der Waals surface area (Å²) in [7, 11) is 0. The van der Waals surface area contributed by atoms with Crippen LogP contribution in [0.3, 0.4) is 0 Å². The van der Waals surface area contributed by atoms with E-state index in [9.17, 15) is 5.11 Å². The van der Waals surface area contributed by atoms with Gasteiger partial charge < -0.3 is 5.11 Å². The van der Waals surface area contributed by atoms with Gasteiger partial charge in [-0.05, 0) is 30.5 Å². The second-order valence-corrected chi connectivity index (χ2v) is 3.63. The lowest BCUT2D eigenvalue weighted by Crippen LogP contribution is -2.59. The van der Waals surface area contributed by atoms with Crippen LogP contribution in [0, 0.1) is 5.92 Å². The lowest BCUT2D eigenvalue weighted by molar-refractivity contribution is -0.0760. The summed E-state index contributed by atoms with van der Waals surface area (Å²) in [6, 6.07) is 0. The number of hydrogen-bond donors (Lipinski definition) is 1. The Balaban J connectivity index is 1.94. The SMILES string of the molecule is OC1(C2CC2)CN(Cl)C1. The van der Waals surface area contributed by atoms with E-state index in [1.165, 1.54) is 12.8 Å². The van der Waals surface area contributed by atoms with Crippen LogP contribution in [0.1, 0.15) is 12.8 Å². The van der Waals surface area contributed by atoms with E-state index in [2.05, 4.69) is 0 Å². The van der Waals surface area contributed by atoms with Crippen LogP contribution >= 0.6 is 11.8 Å². The molecule has 1 aliphatic carbocycles. The van der Waals surface area contributed by atoms with Crippen LogP contribution in [0.25, 0.3) is 0 Å². The van der Waals surface area contributed by atoms with Gasteiger partial charge in [-0.2, -0.15) is 0 Å². The molecular formula is C6H10ClNO. The second kappa shape index (κ2) is 1.62. The summed E-state index contributed by atoms with van der Waals surface area (Å²) >= 11 is 5.58. The first-order valence-corrected chi connectivity index (χ1v) is 3.68. The van der Waals surface area contributed by atoms with Gasteiger partial charge in [0.05, 0.1) is 5.60 Å². The Morgan fingerprint density at radius 1 is 1.44 bits per heavy atom. The van der Waals surface area contributed by atoms with Gasteiger partial charge in [-0.3, -0.25) is 0 Å². The summed E-state index contributed by atoms with van der Waals surface area (Å²) in [6.45, 7) is 1.33. The molecule has 0 bridgehead atoms. The predicted octanol–water partition coefficient (Wildman–Crippen LogP) is 0.597. The molecule has 0 atom stereocenters. The molecule has 1 saturated carbocycles. The Morgan fingerprint density at radius 2 is 2.00 bits per heavy atom. The summed E-state index contributed by atoms with van der Waals surface area (Å²) in [5.41, 5.74) is -0.401. The predicted molar refractivity (Wildman–Crippen MR) is 35.1 cm³/mol. The summed E-state index contributed by atoms with van der Waals surface area (Å²) in [5, 5.41) is 9.59. The van der Waals surface area contributed by atoms with Crippen molar-refractivity contribution in [3.8, 4) is 0 Å². The molecule has 0 unspecified atom stereocenters. The quantitative estimate of drug-likeness (QED) is 0.549. The minimum absolute atomic E-state index is 0.401. The van der Waals surface area contributed by atoms with Crippen molar-refractivity contribution in [2.24, 2.45) is 5.92 Å². The molecule has 2 fully saturated rings. The summed E-state index contributed by atoms with van der Waals surface area (Å²) in [4.78, 5) is 0. The highest BCUT2D eigenvalue weighted by molar-refractivity contribution is 6.14. The molecule has 0 amide bonds. The molecule has 0 radical (unpaired) electrons. The highest BCUT2D eigenvalue weighted by Crippen LogP contribution is 2.44. The maximum absolute atomic E-state index is 9.59. The fourth-order valence-corrected chi connectivity index (χ4v) is 1.84. The van der Waals surface area contributed by atoms with E-state index < -0.39 is 5.60 Å². The Morgan fingerprint density at radius 3 is 2.33 bits per heavy atom. The van der Waals surface area contributed by atoms with Gasteiger partial charge in [0.2, 0.25) is 0 Å². The van der Waals surface area contributed by atoms with Crippen molar-refractivity contribution in [2.75, 3.05) is 13.1 Å². The van der Waals surface area contributed by atoms with Crippen LogP contribution in [0.2, 0.25) is 0 Å². The van der Waals surface area contributed by atoms with Crippen molar-refractivity contribution in [2.45, 2.75) is 18.4 Å². The molecule has 3 heteroatoms. The molecule has 0 aromatic carbocycles. The number of halogens is 1. The van der Waals surface area contributed by atoms with E-state index in [1.807, 2.05) is 0 Å². The maximum atomic E-state index is 9.59. The normalized spacial score (nSPS) is 34.0. The van der Waals surface area contributed by atoms with Gasteiger partial charge in [0.1, 0.15) is 0 Å². The molecular weight excluding hydrogens is 138 g/mol. The third-order valence-electron chi connectivity index (χ3n) is 2.23. The molecule has 52 valence electrons. The van der Waals surface area contributed by atoms with Crippen molar-refractivity contribution in [3.63, 3.8) is 0 Å². The summed E-state index contributed by atoms with van der Waals surface area (Å²) in [6.07, 6.45) is 2.39. The van der Waals surface area contributed by atoms with Gasteiger partial charge in [0.15, 0.2) is 0 Å². The molecule has 1 aliphatic heterocycles. The van der Waals surface area contributed by atoms with E-state index in [0.717, 1.165) is 0 Å². The van der Waals surface area contributed by atoms with E-state index in [4.69, 9.17) is 11.8 Å². The fraction of sp³-hybridized carbons (Fsp3) is 1.00. The van der Waals surface area contributed by atoms with Gasteiger partial charge in [-0.15, -0.1) is 0 Å². The highest BCUT2D eigenvalue weighted by Gasteiger charge is 2.51. The molecule has 9 heavy (non-hydrogen) atoms. The van der Waals surface area contributed by atoms with Crippen molar-refractivity contribution >= 4 is 11.8 Å². The average Bonchev–Trinajstić information content (AvgIpc) is 2.39. The largest absolute Gasteiger partial charge is 0.387 e. The molecule has 2 aliphatic rings. The number of aliphatic hydroxyl groups is 1. The standard InChI is InChI=1S/C6H10ClNO/c7-8-3-6(9,4-8)5-1-2-5/h5,9H,1-4H2. The maximum Gasteiger partial charge on any atom is 0.0954 e. The number of nitrogens with zero attached hydrogens (tertiary/aromatic N) is 1. The van der Waals surface area contributed by atoms with Crippen LogP contribution in [-0.4, -0.2) is 28.2 Å². The van der Waals surface area contributed by atoms with Crippen molar-refractivity contribution in [1.82, 2.24) is 4.42 Å². The van der Waals surface area contributed by atoms with Crippen molar-refractivity contribution in [1.29, 1.82) is 0 Å². The number of hydrogen-bond acceptors (Lipinski definition) is 2. The zero-order valence-electron chi connectivity index (χ0n) is 5.18. The highest BCUT2D eigenvalue weighted by atomic mass is 35.5. The van der Waals surface area contributed by atoms with Gasteiger partial charge in [0, 0.05) is 13.1 Å². The fourth-order valence-electron chi connectivity index (χ4n) is 1.43. The van der Waals surface area contributed by atoms with Crippen LogP contribution in [0.15, 0.2) is 0 Å². The molecule has 0 aromatic rings. The Kier molecular flexibility index (Phi) is 1.07. The number of rotatable bonds is 1. The topological polar surface area (TPSA) is 23.5 Å². The van der Waals surface area contributed by atoms with Gasteiger partial charge in [0.25, 0.3) is 0 Å². The zero-order chi connectivity index (χ0) is 6.48. The molecule has 2 nitrogen and oxygen atoms in total. The second-order valence-electron chi connectivity index (χ2n) is 3.16. The Bertz CT molecular complexity index is 129. The van der Waals surface area contributed by atoms with Crippen molar-refractivity contribution < 1.29 is 5.11 Å². The molecule has 1 saturated heterocycles. The smallest absolute Gasteiger partial charge is 0.0954 e. The van der Waals surface area contributed by atoms with Gasteiger partial charge >= 0.3 is 0 Å². The van der Waals surface area contributed by atoms with Crippen LogP contribution in [-0.2, 0) is 0 Å². The lowest BCUT2D eigenvalue weighted by Gasteiger charge is -2.42. The van der Waals surface area contributed by atoms with Crippen molar-refractivity contribution in [3.05, 3.63) is 0 Å². The Labute approximate surface area is 59.5 Å². The lowest BCUT2D eigenvalue weighted by atomic mass is 9.91. The first-order chi connectivity index (χ1) is 4.21. The Hall–Kier alpha value is 0.210. The van der Waals surface area contributed by atoms with E-state index in [1.54, 1.807) is 4.42 Å². The molecule has 1 heterocycles. The van der Waals surface area contributed by atoms with E-state index in [0.29, 0.717) is 19.0 Å². The van der Waals surface area contributed by atoms with Crippen LogP contribution in [0.4, 0.5) is 0 Å². The number of β-amino-alcohol motifs (C(OH)–C–C–N with tert-alkyl or cyclic N) is 1. The first kappa shape index (κ1) is 5.96. The first-order valence-electron chi connectivity index (χ1n) is 3.34.